The fourth-order valence-corrected chi connectivity index (χ4v) is 3.20. The lowest BCUT2D eigenvalue weighted by Gasteiger charge is -2.11. The summed E-state index contributed by atoms with van der Waals surface area (Å²) in [7, 11) is 0. The minimum Gasteiger partial charge on any atom is -0.460 e. The number of esters is 1. The average molecular weight is 371 g/mol. The van der Waals surface area contributed by atoms with Crippen LogP contribution in [0, 0.1) is 46.5 Å². The molecule has 0 aliphatic heterocycles. The molecule has 0 N–H and O–H groups in total. The van der Waals surface area contributed by atoms with Crippen molar-refractivity contribution in [2.75, 3.05) is 0 Å². The quantitative estimate of drug-likeness (QED) is 0.322. The Bertz CT molecular complexity index is 774. The van der Waals surface area contributed by atoms with E-state index in [1.807, 2.05) is 32.9 Å². The van der Waals surface area contributed by atoms with Crippen molar-refractivity contribution in [2.45, 2.75) is 34.3 Å². The van der Waals surface area contributed by atoms with Gasteiger partial charge in [0.25, 0.3) is 0 Å². The zero-order chi connectivity index (χ0) is 18.9. The molecule has 6 heteroatoms. The monoisotopic (exact) mass is 370 g/mol. The summed E-state index contributed by atoms with van der Waals surface area (Å²) >= 11 is 5.77. The molecule has 0 bridgehead atoms. The predicted molar refractivity (Wildman–Crippen MR) is 89.2 cm³/mol. The van der Waals surface area contributed by atoms with E-state index in [9.17, 15) is 18.0 Å². The second kappa shape index (κ2) is 7.13. The van der Waals surface area contributed by atoms with Crippen LogP contribution in [0.25, 0.3) is 0 Å². The first-order chi connectivity index (χ1) is 11.7. The van der Waals surface area contributed by atoms with E-state index in [0.29, 0.717) is 0 Å². The first-order valence-electron chi connectivity index (χ1n) is 7.75. The second-order valence-corrected chi connectivity index (χ2v) is 6.82. The molecule has 0 heterocycles. The molecular weight excluding hydrogens is 353 g/mol. The van der Waals surface area contributed by atoms with Crippen LogP contribution in [-0.4, -0.2) is 5.97 Å². The number of rotatable bonds is 4. The van der Waals surface area contributed by atoms with Crippen molar-refractivity contribution < 1.29 is 22.7 Å². The van der Waals surface area contributed by atoms with Gasteiger partial charge in [-0.25, -0.2) is 13.2 Å². The number of allylic oxidation sites excluding steroid dienone is 2. The van der Waals surface area contributed by atoms with Crippen molar-refractivity contribution in [3.8, 4) is 11.8 Å². The zero-order valence-corrected chi connectivity index (χ0v) is 15.1. The summed E-state index contributed by atoms with van der Waals surface area (Å²) in [6.45, 7) is 6.38. The van der Waals surface area contributed by atoms with Gasteiger partial charge in [-0.15, -0.1) is 5.92 Å². The SMILES string of the molecule is CC#Cc1c(F)c(F)c(COC(=O)C2C(C=CC)C2(C)C)c(Cl)c1F. The molecule has 2 unspecified atom stereocenters. The summed E-state index contributed by atoms with van der Waals surface area (Å²) in [5.74, 6) is -0.469. The van der Waals surface area contributed by atoms with Gasteiger partial charge in [0, 0.05) is 5.56 Å². The van der Waals surface area contributed by atoms with Gasteiger partial charge in [-0.2, -0.15) is 0 Å². The zero-order valence-electron chi connectivity index (χ0n) is 14.3. The third-order valence-electron chi connectivity index (χ3n) is 4.53. The number of hydrogen-bond donors (Lipinski definition) is 0. The van der Waals surface area contributed by atoms with E-state index in [2.05, 4.69) is 11.8 Å². The number of hydrogen-bond acceptors (Lipinski definition) is 2. The largest absolute Gasteiger partial charge is 0.460 e. The van der Waals surface area contributed by atoms with Crippen molar-refractivity contribution in [3.63, 3.8) is 0 Å². The predicted octanol–water partition coefficient (Wildman–Crippen LogP) is 5.02. The maximum atomic E-state index is 14.1. The first kappa shape index (κ1) is 19.4. The van der Waals surface area contributed by atoms with Crippen LogP contribution < -0.4 is 0 Å². The lowest BCUT2D eigenvalue weighted by atomic mass is 10.1. The van der Waals surface area contributed by atoms with Gasteiger partial charge in [0.15, 0.2) is 17.5 Å². The van der Waals surface area contributed by atoms with E-state index < -0.39 is 46.2 Å². The Morgan fingerprint density at radius 1 is 1.28 bits per heavy atom. The van der Waals surface area contributed by atoms with Gasteiger partial charge in [0.2, 0.25) is 0 Å². The number of benzene rings is 1. The third-order valence-corrected chi connectivity index (χ3v) is 4.92. The molecule has 25 heavy (non-hydrogen) atoms. The summed E-state index contributed by atoms with van der Waals surface area (Å²) < 4.78 is 47.2. The highest BCUT2D eigenvalue weighted by molar-refractivity contribution is 6.31. The minimum absolute atomic E-state index is 0.0148. The summed E-state index contributed by atoms with van der Waals surface area (Å²) in [6.07, 6.45) is 3.74. The van der Waals surface area contributed by atoms with Gasteiger partial charge in [0.05, 0.1) is 10.9 Å². The maximum absolute atomic E-state index is 14.1. The van der Waals surface area contributed by atoms with Gasteiger partial charge in [-0.05, 0) is 25.2 Å². The summed E-state index contributed by atoms with van der Waals surface area (Å²) in [4.78, 5) is 12.2. The van der Waals surface area contributed by atoms with Gasteiger partial charge in [-0.3, -0.25) is 4.79 Å². The van der Waals surface area contributed by atoms with Crippen LogP contribution >= 0.6 is 11.6 Å². The second-order valence-electron chi connectivity index (χ2n) is 6.44. The smallest absolute Gasteiger partial charge is 0.310 e. The van der Waals surface area contributed by atoms with Crippen molar-refractivity contribution in [2.24, 2.45) is 17.3 Å². The van der Waals surface area contributed by atoms with Crippen LogP contribution in [0.4, 0.5) is 13.2 Å². The van der Waals surface area contributed by atoms with Crippen LogP contribution in [0.5, 0.6) is 0 Å². The van der Waals surface area contributed by atoms with E-state index in [4.69, 9.17) is 16.3 Å². The van der Waals surface area contributed by atoms with Crippen LogP contribution in [0.1, 0.15) is 38.8 Å². The number of carbonyl (C=O) groups is 1. The van der Waals surface area contributed by atoms with E-state index in [1.165, 1.54) is 6.92 Å². The molecule has 0 amide bonds. The van der Waals surface area contributed by atoms with Crippen molar-refractivity contribution in [1.82, 2.24) is 0 Å². The fraction of sp³-hybridized carbons (Fsp3) is 0.421. The molecule has 1 aliphatic carbocycles. The van der Waals surface area contributed by atoms with Crippen LogP contribution in [-0.2, 0) is 16.1 Å². The summed E-state index contributed by atoms with van der Waals surface area (Å²) in [5, 5.41) is -0.635. The Labute approximate surface area is 150 Å². The maximum Gasteiger partial charge on any atom is 0.310 e. The summed E-state index contributed by atoms with van der Waals surface area (Å²) in [5.41, 5.74) is -1.55. The topological polar surface area (TPSA) is 26.3 Å². The Kier molecular flexibility index (Phi) is 5.53. The highest BCUT2D eigenvalue weighted by Gasteiger charge is 2.61. The Hall–Kier alpha value is -1.93. The third kappa shape index (κ3) is 3.41. The molecule has 0 spiro atoms. The molecule has 2 rings (SSSR count). The van der Waals surface area contributed by atoms with Crippen LogP contribution in [0.2, 0.25) is 5.02 Å². The number of halogens is 4. The minimum atomic E-state index is -1.44. The fourth-order valence-electron chi connectivity index (χ4n) is 2.97. The van der Waals surface area contributed by atoms with Crippen LogP contribution in [0.3, 0.4) is 0 Å². The van der Waals surface area contributed by atoms with E-state index in [0.717, 1.165) is 0 Å². The van der Waals surface area contributed by atoms with Gasteiger partial charge >= 0.3 is 5.97 Å². The molecule has 2 atom stereocenters. The Balaban J connectivity index is 2.22. The summed E-state index contributed by atoms with van der Waals surface area (Å²) in [6, 6.07) is 0. The van der Waals surface area contributed by atoms with Gasteiger partial charge in [-0.1, -0.05) is 43.5 Å². The first-order valence-corrected chi connectivity index (χ1v) is 8.13. The molecule has 1 fully saturated rings. The molecule has 1 aliphatic rings. The van der Waals surface area contributed by atoms with E-state index >= 15 is 0 Å². The molecule has 1 aromatic carbocycles. The number of ether oxygens (including phenoxy) is 1. The molecule has 0 radical (unpaired) electrons. The standard InChI is InChI=1S/C19H18ClF3O2/c1-5-7-10-15(21)14(20)11(17(23)16(10)22)9-25-18(24)13-12(8-6-2)19(13,3)4/h6,8,12-13H,9H2,1-4H3. The van der Waals surface area contributed by atoms with Crippen LogP contribution in [0.15, 0.2) is 12.2 Å². The van der Waals surface area contributed by atoms with E-state index in [-0.39, 0.29) is 17.3 Å². The van der Waals surface area contributed by atoms with Crippen molar-refractivity contribution >= 4 is 17.6 Å². The highest BCUT2D eigenvalue weighted by atomic mass is 35.5. The van der Waals surface area contributed by atoms with Gasteiger partial charge < -0.3 is 4.74 Å². The Morgan fingerprint density at radius 3 is 2.48 bits per heavy atom. The van der Waals surface area contributed by atoms with Gasteiger partial charge in [0.1, 0.15) is 12.2 Å². The molecule has 0 aromatic heterocycles. The van der Waals surface area contributed by atoms with E-state index in [1.54, 1.807) is 0 Å². The molecule has 134 valence electrons. The Morgan fingerprint density at radius 2 is 1.92 bits per heavy atom. The molecule has 1 saturated carbocycles. The molecule has 2 nitrogen and oxygen atoms in total. The number of carbonyl (C=O) groups excluding carboxylic acids is 1. The molecular formula is C19H18ClF3O2. The highest BCUT2D eigenvalue weighted by Crippen LogP contribution is 2.59. The lowest BCUT2D eigenvalue weighted by Crippen LogP contribution is -2.13. The molecule has 0 saturated heterocycles. The average Bonchev–Trinajstić information content (AvgIpc) is 3.10. The normalized spacial score (nSPS) is 21.0. The molecule has 1 aromatic rings. The lowest BCUT2D eigenvalue weighted by molar-refractivity contribution is -0.147. The van der Waals surface area contributed by atoms with Crippen molar-refractivity contribution in [3.05, 3.63) is 45.8 Å². The van der Waals surface area contributed by atoms with Crippen molar-refractivity contribution in [1.29, 1.82) is 0 Å².